The van der Waals surface area contributed by atoms with Gasteiger partial charge in [-0.2, -0.15) is 5.10 Å². The normalized spacial score (nSPS) is 17.1. The van der Waals surface area contributed by atoms with Gasteiger partial charge in [-0.25, -0.2) is 4.68 Å². The molecular weight excluding hydrogens is 326 g/mol. The molecule has 110 valence electrons. The number of aryl methyl sites for hydroxylation is 1. The summed E-state index contributed by atoms with van der Waals surface area (Å²) in [5, 5.41) is 7.32. The molecule has 2 heterocycles. The number of hydrogen-bond acceptors (Lipinski definition) is 5. The van der Waals surface area contributed by atoms with Crippen LogP contribution in [-0.4, -0.2) is 46.3 Å². The van der Waals surface area contributed by atoms with E-state index in [0.29, 0.717) is 16.7 Å². The molecule has 1 aromatic rings. The van der Waals surface area contributed by atoms with Crippen LogP contribution in [0.4, 0.5) is 5.69 Å². The fourth-order valence-corrected chi connectivity index (χ4v) is 2.76. The molecule has 7 nitrogen and oxygen atoms in total. The Morgan fingerprint density at radius 2 is 2.20 bits per heavy atom. The van der Waals surface area contributed by atoms with Gasteiger partial charge in [-0.3, -0.25) is 14.5 Å². The Morgan fingerprint density at radius 3 is 2.80 bits per heavy atom. The highest BCUT2D eigenvalue weighted by atomic mass is 79.9. The van der Waals surface area contributed by atoms with Crippen LogP contribution in [0, 0.1) is 0 Å². The predicted octanol–water partition coefficient (Wildman–Crippen LogP) is -0.0956. The Morgan fingerprint density at radius 1 is 1.55 bits per heavy atom. The maximum atomic E-state index is 11.8. The molecule has 0 unspecified atom stereocenters. The van der Waals surface area contributed by atoms with Gasteiger partial charge < -0.3 is 11.1 Å². The van der Waals surface area contributed by atoms with Crippen LogP contribution in [-0.2, 0) is 11.8 Å². The van der Waals surface area contributed by atoms with E-state index in [1.807, 2.05) is 4.90 Å². The number of nitrogens with one attached hydrogen (secondary N) is 1. The first kappa shape index (κ1) is 15.0. The zero-order valence-corrected chi connectivity index (χ0v) is 12.9. The molecule has 1 amide bonds. The minimum Gasteiger partial charge on any atom is -0.380 e. The zero-order chi connectivity index (χ0) is 14.7. The van der Waals surface area contributed by atoms with Crippen LogP contribution in [0.25, 0.3) is 0 Å². The number of amides is 1. The van der Waals surface area contributed by atoms with Crippen LogP contribution in [0.1, 0.15) is 12.8 Å². The van der Waals surface area contributed by atoms with Crippen molar-refractivity contribution in [1.29, 1.82) is 0 Å². The van der Waals surface area contributed by atoms with Gasteiger partial charge >= 0.3 is 0 Å². The molecule has 20 heavy (non-hydrogen) atoms. The number of carbonyl (C=O) groups is 1. The summed E-state index contributed by atoms with van der Waals surface area (Å²) < 4.78 is 1.78. The first-order valence-corrected chi connectivity index (χ1v) is 7.25. The number of primary amides is 1. The maximum Gasteiger partial charge on any atom is 0.282 e. The molecule has 1 aliphatic heterocycles. The van der Waals surface area contributed by atoms with Crippen LogP contribution >= 0.6 is 15.9 Å². The molecule has 0 aromatic carbocycles. The molecule has 8 heteroatoms. The van der Waals surface area contributed by atoms with E-state index in [0.717, 1.165) is 25.9 Å². The van der Waals surface area contributed by atoms with E-state index >= 15 is 0 Å². The molecule has 0 spiro atoms. The molecule has 0 aliphatic carbocycles. The lowest BCUT2D eigenvalue weighted by atomic mass is 10.0. The van der Waals surface area contributed by atoms with Crippen molar-refractivity contribution in [3.05, 3.63) is 21.0 Å². The molecule has 1 fully saturated rings. The van der Waals surface area contributed by atoms with Gasteiger partial charge in [-0.15, -0.1) is 0 Å². The third-order valence-corrected chi connectivity index (χ3v) is 4.17. The van der Waals surface area contributed by atoms with E-state index in [9.17, 15) is 9.59 Å². The lowest BCUT2D eigenvalue weighted by Gasteiger charge is -2.32. The van der Waals surface area contributed by atoms with Crippen molar-refractivity contribution >= 4 is 27.5 Å². The summed E-state index contributed by atoms with van der Waals surface area (Å²) in [6.45, 7) is 1.94. The van der Waals surface area contributed by atoms with Crippen LogP contribution in [0.3, 0.4) is 0 Å². The number of nitrogens with two attached hydrogens (primary N) is 1. The van der Waals surface area contributed by atoms with Gasteiger partial charge in [0.2, 0.25) is 5.91 Å². The number of likely N-dealkylation sites (tertiary alicyclic amines) is 1. The standard InChI is InChI=1S/C12H18BrN5O2/c1-17-12(20)11(13)9(6-15-17)16-8-2-4-18(5-3-8)7-10(14)19/h6,8,16H,2-5,7H2,1H3,(H2,14,19). The molecule has 0 saturated carbocycles. The Labute approximate surface area is 125 Å². The molecule has 3 N–H and O–H groups in total. The predicted molar refractivity (Wildman–Crippen MR) is 79.5 cm³/mol. The quantitative estimate of drug-likeness (QED) is 0.796. The summed E-state index contributed by atoms with van der Waals surface area (Å²) in [5.41, 5.74) is 5.73. The van der Waals surface area contributed by atoms with E-state index in [2.05, 4.69) is 26.3 Å². The molecule has 1 aliphatic rings. The summed E-state index contributed by atoms with van der Waals surface area (Å²) in [6.07, 6.45) is 3.44. The second kappa shape index (κ2) is 6.36. The summed E-state index contributed by atoms with van der Waals surface area (Å²) in [7, 11) is 1.61. The number of piperidine rings is 1. The minimum absolute atomic E-state index is 0.166. The van der Waals surface area contributed by atoms with Gasteiger partial charge in [-0.05, 0) is 28.8 Å². The number of aromatic nitrogens is 2. The number of hydrogen-bond donors (Lipinski definition) is 2. The smallest absolute Gasteiger partial charge is 0.282 e. The number of nitrogens with zero attached hydrogens (tertiary/aromatic N) is 3. The number of rotatable bonds is 4. The molecule has 1 saturated heterocycles. The zero-order valence-electron chi connectivity index (χ0n) is 11.3. The van der Waals surface area contributed by atoms with Crippen LogP contribution in [0.15, 0.2) is 15.5 Å². The van der Waals surface area contributed by atoms with E-state index in [1.54, 1.807) is 13.2 Å². The van der Waals surface area contributed by atoms with Crippen LogP contribution < -0.4 is 16.6 Å². The Hall–Kier alpha value is -1.41. The third kappa shape index (κ3) is 3.57. The van der Waals surface area contributed by atoms with Gasteiger partial charge in [0.25, 0.3) is 5.56 Å². The first-order valence-electron chi connectivity index (χ1n) is 6.46. The number of anilines is 1. The highest BCUT2D eigenvalue weighted by molar-refractivity contribution is 9.10. The van der Waals surface area contributed by atoms with Crippen molar-refractivity contribution in [3.8, 4) is 0 Å². The lowest BCUT2D eigenvalue weighted by molar-refractivity contribution is -0.119. The maximum absolute atomic E-state index is 11.8. The van der Waals surface area contributed by atoms with Crippen molar-refractivity contribution in [2.45, 2.75) is 18.9 Å². The lowest BCUT2D eigenvalue weighted by Crippen LogP contribution is -2.43. The van der Waals surface area contributed by atoms with Gasteiger partial charge in [0.05, 0.1) is 18.4 Å². The molecular formula is C12H18BrN5O2. The molecule has 2 rings (SSSR count). The van der Waals surface area contributed by atoms with Crippen molar-refractivity contribution in [2.75, 3.05) is 25.0 Å². The molecule has 0 atom stereocenters. The SMILES string of the molecule is Cn1ncc(NC2CCN(CC(N)=O)CC2)c(Br)c1=O. The Bertz CT molecular complexity index is 551. The van der Waals surface area contributed by atoms with Crippen molar-refractivity contribution in [1.82, 2.24) is 14.7 Å². The van der Waals surface area contributed by atoms with Crippen LogP contribution in [0.5, 0.6) is 0 Å². The summed E-state index contributed by atoms with van der Waals surface area (Å²) in [6, 6.07) is 0.268. The average molecular weight is 344 g/mol. The third-order valence-electron chi connectivity index (χ3n) is 3.40. The first-order chi connectivity index (χ1) is 9.47. The highest BCUT2D eigenvalue weighted by Gasteiger charge is 2.21. The number of carbonyl (C=O) groups excluding carboxylic acids is 1. The summed E-state index contributed by atoms with van der Waals surface area (Å²) in [4.78, 5) is 24.7. The second-order valence-electron chi connectivity index (χ2n) is 4.96. The summed E-state index contributed by atoms with van der Waals surface area (Å²) in [5.74, 6) is -0.296. The van der Waals surface area contributed by atoms with E-state index in [1.165, 1.54) is 4.68 Å². The van der Waals surface area contributed by atoms with Crippen molar-refractivity contribution in [3.63, 3.8) is 0 Å². The average Bonchev–Trinajstić information content (AvgIpc) is 2.41. The van der Waals surface area contributed by atoms with E-state index < -0.39 is 0 Å². The van der Waals surface area contributed by atoms with E-state index in [-0.39, 0.29) is 17.5 Å². The Kier molecular flexibility index (Phi) is 4.77. The van der Waals surface area contributed by atoms with E-state index in [4.69, 9.17) is 5.73 Å². The second-order valence-corrected chi connectivity index (χ2v) is 5.76. The topological polar surface area (TPSA) is 93.2 Å². The Balaban J connectivity index is 1.95. The fraction of sp³-hybridized carbons (Fsp3) is 0.583. The van der Waals surface area contributed by atoms with Gasteiger partial charge in [0, 0.05) is 26.2 Å². The van der Waals surface area contributed by atoms with Gasteiger partial charge in [-0.1, -0.05) is 0 Å². The minimum atomic E-state index is -0.296. The molecule has 0 bridgehead atoms. The van der Waals surface area contributed by atoms with Crippen molar-refractivity contribution in [2.24, 2.45) is 12.8 Å². The van der Waals surface area contributed by atoms with Gasteiger partial charge in [0.15, 0.2) is 0 Å². The molecule has 1 aromatic heterocycles. The summed E-state index contributed by atoms with van der Waals surface area (Å²) >= 11 is 3.29. The monoisotopic (exact) mass is 343 g/mol. The number of halogens is 1. The fourth-order valence-electron chi connectivity index (χ4n) is 2.29. The van der Waals surface area contributed by atoms with Crippen LogP contribution in [0.2, 0.25) is 0 Å². The molecule has 0 radical (unpaired) electrons. The van der Waals surface area contributed by atoms with Gasteiger partial charge in [0.1, 0.15) is 4.47 Å². The highest BCUT2D eigenvalue weighted by Crippen LogP contribution is 2.20. The largest absolute Gasteiger partial charge is 0.380 e. The van der Waals surface area contributed by atoms with Crippen molar-refractivity contribution < 1.29 is 4.79 Å².